The lowest BCUT2D eigenvalue weighted by molar-refractivity contribution is 0.0602. The molecule has 0 atom stereocenters. The number of hydrogen-bond acceptors (Lipinski definition) is 4. The van der Waals surface area contributed by atoms with Gasteiger partial charge in [-0.15, -0.1) is 0 Å². The summed E-state index contributed by atoms with van der Waals surface area (Å²) >= 11 is 12.1. The van der Waals surface area contributed by atoms with Gasteiger partial charge in [-0.1, -0.05) is 59.6 Å². The van der Waals surface area contributed by atoms with Gasteiger partial charge in [0, 0.05) is 5.02 Å². The maximum Gasteiger partial charge on any atom is 0.339 e. The summed E-state index contributed by atoms with van der Waals surface area (Å²) in [6.07, 6.45) is 0. The van der Waals surface area contributed by atoms with Gasteiger partial charge in [-0.3, -0.25) is 4.79 Å². The van der Waals surface area contributed by atoms with Crippen LogP contribution < -0.4 is 10.1 Å². The highest BCUT2D eigenvalue weighted by Gasteiger charge is 2.18. The van der Waals surface area contributed by atoms with Crippen molar-refractivity contribution >= 4 is 40.8 Å². The van der Waals surface area contributed by atoms with E-state index in [1.54, 1.807) is 24.3 Å². The van der Waals surface area contributed by atoms with E-state index in [0.29, 0.717) is 16.5 Å². The Kier molecular flexibility index (Phi) is 7.16. The monoisotopic (exact) mass is 491 g/mol. The molecule has 1 amide bonds. The van der Waals surface area contributed by atoms with Gasteiger partial charge in [-0.25, -0.2) is 4.79 Å². The number of anilines is 1. The minimum absolute atomic E-state index is 0.207. The van der Waals surface area contributed by atoms with E-state index in [0.717, 1.165) is 16.9 Å². The second-order valence-corrected chi connectivity index (χ2v) is 8.11. The van der Waals surface area contributed by atoms with Gasteiger partial charge < -0.3 is 14.8 Å². The predicted molar refractivity (Wildman–Crippen MR) is 134 cm³/mol. The molecular weight excluding hydrogens is 473 g/mol. The second-order valence-electron chi connectivity index (χ2n) is 7.27. The smallest absolute Gasteiger partial charge is 0.339 e. The Hall–Kier alpha value is -3.80. The highest BCUT2D eigenvalue weighted by molar-refractivity contribution is 6.37. The van der Waals surface area contributed by atoms with Crippen molar-refractivity contribution in [2.24, 2.45) is 0 Å². The molecule has 0 aliphatic carbocycles. The zero-order valence-corrected chi connectivity index (χ0v) is 19.6. The van der Waals surface area contributed by atoms with Gasteiger partial charge in [-0.05, 0) is 65.7 Å². The molecule has 0 saturated carbocycles. The average molecular weight is 492 g/mol. The number of nitrogens with one attached hydrogen (secondary N) is 1. The van der Waals surface area contributed by atoms with E-state index < -0.39 is 11.9 Å². The number of ether oxygens (including phenoxy) is 2. The van der Waals surface area contributed by atoms with Gasteiger partial charge in [-0.2, -0.15) is 0 Å². The quantitative estimate of drug-likeness (QED) is 0.283. The molecule has 0 saturated heterocycles. The van der Waals surface area contributed by atoms with Crippen molar-refractivity contribution in [2.45, 2.75) is 0 Å². The number of rotatable bonds is 6. The summed E-state index contributed by atoms with van der Waals surface area (Å²) < 4.78 is 10.8. The van der Waals surface area contributed by atoms with Crippen LogP contribution in [0.25, 0.3) is 11.1 Å². The van der Waals surface area contributed by atoms with Crippen LogP contribution in [0, 0.1) is 0 Å². The lowest BCUT2D eigenvalue weighted by Crippen LogP contribution is -2.16. The summed E-state index contributed by atoms with van der Waals surface area (Å²) in [6, 6.07) is 26.6. The van der Waals surface area contributed by atoms with E-state index in [-0.39, 0.29) is 16.1 Å². The number of amides is 1. The van der Waals surface area contributed by atoms with Crippen LogP contribution in [0.5, 0.6) is 11.5 Å². The van der Waals surface area contributed by atoms with Crippen LogP contribution in [-0.4, -0.2) is 19.0 Å². The van der Waals surface area contributed by atoms with Gasteiger partial charge in [0.2, 0.25) is 0 Å². The molecule has 0 spiro atoms. The van der Waals surface area contributed by atoms with Crippen molar-refractivity contribution in [1.29, 1.82) is 0 Å². The maximum atomic E-state index is 12.7. The van der Waals surface area contributed by atoms with Crippen LogP contribution in [0.2, 0.25) is 10.0 Å². The van der Waals surface area contributed by atoms with Crippen molar-refractivity contribution in [3.8, 4) is 22.6 Å². The molecule has 0 aliphatic heterocycles. The van der Waals surface area contributed by atoms with Crippen molar-refractivity contribution in [3.63, 3.8) is 0 Å². The predicted octanol–water partition coefficient (Wildman–Crippen LogP) is 7.49. The number of methoxy groups -OCH3 is 1. The van der Waals surface area contributed by atoms with Crippen LogP contribution in [0.1, 0.15) is 20.7 Å². The highest BCUT2D eigenvalue weighted by atomic mass is 35.5. The summed E-state index contributed by atoms with van der Waals surface area (Å²) in [6.45, 7) is 0. The van der Waals surface area contributed by atoms with Gasteiger partial charge in [0.15, 0.2) is 0 Å². The fourth-order valence-electron chi connectivity index (χ4n) is 3.31. The first-order chi connectivity index (χ1) is 16.4. The fourth-order valence-corrected chi connectivity index (χ4v) is 3.81. The molecule has 4 rings (SSSR count). The Balaban J connectivity index is 1.59. The number of para-hydroxylation sites is 1. The fraction of sp³-hybridized carbons (Fsp3) is 0.0370. The molecule has 0 radical (unpaired) electrons. The second kappa shape index (κ2) is 10.4. The van der Waals surface area contributed by atoms with Gasteiger partial charge >= 0.3 is 5.97 Å². The number of carbonyl (C=O) groups excluding carboxylic acids is 2. The van der Waals surface area contributed by atoms with Crippen LogP contribution in [0.15, 0.2) is 91.0 Å². The van der Waals surface area contributed by atoms with Crippen molar-refractivity contribution < 1.29 is 19.1 Å². The van der Waals surface area contributed by atoms with Crippen LogP contribution in [-0.2, 0) is 4.74 Å². The van der Waals surface area contributed by atoms with E-state index in [1.165, 1.54) is 19.2 Å². The largest absolute Gasteiger partial charge is 0.465 e. The molecule has 5 nitrogen and oxygen atoms in total. The topological polar surface area (TPSA) is 64.6 Å². The molecule has 7 heteroatoms. The molecule has 4 aromatic carbocycles. The van der Waals surface area contributed by atoms with Crippen LogP contribution in [0.3, 0.4) is 0 Å². The first-order valence-corrected chi connectivity index (χ1v) is 11.0. The molecule has 0 heterocycles. The lowest BCUT2D eigenvalue weighted by Gasteiger charge is -2.13. The van der Waals surface area contributed by atoms with Crippen molar-refractivity contribution in [2.75, 3.05) is 12.4 Å². The zero-order valence-electron chi connectivity index (χ0n) is 18.0. The third-order valence-corrected chi connectivity index (χ3v) is 5.56. The molecule has 4 aromatic rings. The Labute approximate surface area is 206 Å². The van der Waals surface area contributed by atoms with Gasteiger partial charge in [0.1, 0.15) is 11.5 Å². The summed E-state index contributed by atoms with van der Waals surface area (Å²) in [5.74, 6) is 0.376. The van der Waals surface area contributed by atoms with Gasteiger partial charge in [0.25, 0.3) is 5.91 Å². The molecular formula is C27H19Cl2NO4. The van der Waals surface area contributed by atoms with E-state index in [4.69, 9.17) is 32.7 Å². The SMILES string of the molecule is COC(=O)c1cc(-c2ccc(Oc3ccccc3)cc2)ccc1NC(=O)c1ccc(Cl)cc1Cl. The van der Waals surface area contributed by atoms with Crippen LogP contribution in [0.4, 0.5) is 5.69 Å². The van der Waals surface area contributed by atoms with E-state index in [9.17, 15) is 9.59 Å². The number of halogens is 2. The molecule has 1 N–H and O–H groups in total. The number of esters is 1. The van der Waals surface area contributed by atoms with Crippen LogP contribution >= 0.6 is 23.2 Å². The molecule has 0 aromatic heterocycles. The molecule has 0 unspecified atom stereocenters. The third kappa shape index (κ3) is 5.39. The number of hydrogen-bond donors (Lipinski definition) is 1. The Bertz CT molecular complexity index is 1340. The molecule has 0 aliphatic rings. The standard InChI is InChI=1S/C27H19Cl2NO4/c1-33-27(32)23-15-18(17-7-11-21(12-8-17)34-20-5-3-2-4-6-20)9-14-25(23)30-26(31)22-13-10-19(28)16-24(22)29/h2-16H,1H3,(H,30,31). The Morgan fingerprint density at radius 3 is 2.09 bits per heavy atom. The highest BCUT2D eigenvalue weighted by Crippen LogP contribution is 2.30. The first kappa shape index (κ1) is 23.4. The van der Waals surface area contributed by atoms with Crippen molar-refractivity contribution in [1.82, 2.24) is 0 Å². The average Bonchev–Trinajstić information content (AvgIpc) is 2.85. The lowest BCUT2D eigenvalue weighted by atomic mass is 10.0. The minimum atomic E-state index is -0.580. The molecule has 0 fully saturated rings. The summed E-state index contributed by atoms with van der Waals surface area (Å²) in [5, 5.41) is 3.36. The Morgan fingerprint density at radius 1 is 0.735 bits per heavy atom. The number of carbonyl (C=O) groups is 2. The normalized spacial score (nSPS) is 10.4. The summed E-state index contributed by atoms with van der Waals surface area (Å²) in [4.78, 5) is 25.2. The minimum Gasteiger partial charge on any atom is -0.465 e. The molecule has 34 heavy (non-hydrogen) atoms. The Morgan fingerprint density at radius 2 is 1.41 bits per heavy atom. The van der Waals surface area contributed by atoms with E-state index in [2.05, 4.69) is 5.32 Å². The zero-order chi connectivity index (χ0) is 24.1. The van der Waals surface area contributed by atoms with Crippen molar-refractivity contribution in [3.05, 3.63) is 112 Å². The first-order valence-electron chi connectivity index (χ1n) is 10.3. The van der Waals surface area contributed by atoms with Gasteiger partial charge in [0.05, 0.1) is 28.9 Å². The molecule has 170 valence electrons. The summed E-state index contributed by atoms with van der Waals surface area (Å²) in [5.41, 5.74) is 2.39. The molecule has 0 bridgehead atoms. The number of benzene rings is 4. The maximum absolute atomic E-state index is 12.7. The van der Waals surface area contributed by atoms with E-state index in [1.807, 2.05) is 54.6 Å². The summed E-state index contributed by atoms with van der Waals surface area (Å²) in [7, 11) is 1.28. The third-order valence-electron chi connectivity index (χ3n) is 5.02. The van der Waals surface area contributed by atoms with E-state index >= 15 is 0 Å².